The molecule has 0 spiro atoms. The van der Waals surface area contributed by atoms with Crippen molar-refractivity contribution in [1.82, 2.24) is 14.9 Å². The molecule has 1 unspecified atom stereocenters. The highest BCUT2D eigenvalue weighted by molar-refractivity contribution is 6.00. The van der Waals surface area contributed by atoms with Gasteiger partial charge < -0.3 is 24.2 Å². The van der Waals surface area contributed by atoms with E-state index in [1.807, 2.05) is 30.9 Å². The van der Waals surface area contributed by atoms with Crippen LogP contribution in [0, 0.1) is 19.8 Å². The van der Waals surface area contributed by atoms with E-state index in [2.05, 4.69) is 14.9 Å². The quantitative estimate of drug-likeness (QED) is 0.702. The molecule has 9 nitrogen and oxygen atoms in total. The van der Waals surface area contributed by atoms with Crippen LogP contribution in [0.4, 0.5) is 11.5 Å². The smallest absolute Gasteiger partial charge is 0.228 e. The number of aryl methyl sites for hydroxylation is 2. The molecule has 2 amide bonds. The first-order valence-corrected chi connectivity index (χ1v) is 10.8. The average Bonchev–Trinajstić information content (AvgIpc) is 3.19. The Bertz CT molecular complexity index is 999. The number of anilines is 2. The third-order valence-corrected chi connectivity index (χ3v) is 6.02. The third-order valence-electron chi connectivity index (χ3n) is 6.02. The predicted molar refractivity (Wildman–Crippen MR) is 120 cm³/mol. The molecule has 2 saturated heterocycles. The third kappa shape index (κ3) is 4.32. The zero-order chi connectivity index (χ0) is 22.8. The van der Waals surface area contributed by atoms with E-state index < -0.39 is 0 Å². The lowest BCUT2D eigenvalue weighted by molar-refractivity contribution is -0.136. The molecule has 0 radical (unpaired) electrons. The normalized spacial score (nSPS) is 18.8. The Kier molecular flexibility index (Phi) is 6.16. The molecule has 2 aliphatic rings. The van der Waals surface area contributed by atoms with Gasteiger partial charge in [-0.2, -0.15) is 0 Å². The summed E-state index contributed by atoms with van der Waals surface area (Å²) in [5.74, 6) is 2.44. The Labute approximate surface area is 187 Å². The van der Waals surface area contributed by atoms with Crippen LogP contribution in [0.3, 0.4) is 0 Å². The van der Waals surface area contributed by atoms with Crippen molar-refractivity contribution in [3.63, 3.8) is 0 Å². The molecular weight excluding hydrogens is 410 g/mol. The van der Waals surface area contributed by atoms with Gasteiger partial charge in [0.15, 0.2) is 11.5 Å². The van der Waals surface area contributed by atoms with Gasteiger partial charge in [-0.15, -0.1) is 0 Å². The molecule has 0 aliphatic carbocycles. The standard InChI is InChI=1S/C23H29N5O4/c1-15-11-21(25-16(2)24-15)26-7-9-27(10-8-26)23(30)17-12-22(29)28(14-17)18-5-6-19(31-3)20(13-18)32-4/h5-6,11,13,17H,7-10,12,14H2,1-4H3. The maximum absolute atomic E-state index is 13.2. The lowest BCUT2D eigenvalue weighted by Gasteiger charge is -2.36. The lowest BCUT2D eigenvalue weighted by Crippen LogP contribution is -2.51. The summed E-state index contributed by atoms with van der Waals surface area (Å²) < 4.78 is 10.6. The topological polar surface area (TPSA) is 88.1 Å². The highest BCUT2D eigenvalue weighted by Crippen LogP contribution is 2.34. The molecule has 3 heterocycles. The van der Waals surface area contributed by atoms with Crippen molar-refractivity contribution in [2.75, 3.05) is 56.7 Å². The van der Waals surface area contributed by atoms with Crippen molar-refractivity contribution in [1.29, 1.82) is 0 Å². The Morgan fingerprint density at radius 2 is 1.72 bits per heavy atom. The van der Waals surface area contributed by atoms with E-state index in [0.29, 0.717) is 49.9 Å². The fourth-order valence-electron chi connectivity index (χ4n) is 4.39. The number of amides is 2. The van der Waals surface area contributed by atoms with E-state index in [1.165, 1.54) is 0 Å². The predicted octanol–water partition coefficient (Wildman–Crippen LogP) is 1.81. The van der Waals surface area contributed by atoms with Gasteiger partial charge in [0.05, 0.1) is 20.1 Å². The molecule has 2 fully saturated rings. The minimum atomic E-state index is -0.342. The molecule has 4 rings (SSSR count). The van der Waals surface area contributed by atoms with Gasteiger partial charge >= 0.3 is 0 Å². The van der Waals surface area contributed by atoms with E-state index in [-0.39, 0.29) is 24.2 Å². The zero-order valence-electron chi connectivity index (χ0n) is 19.0. The van der Waals surface area contributed by atoms with Crippen LogP contribution in [-0.4, -0.2) is 73.6 Å². The van der Waals surface area contributed by atoms with Crippen LogP contribution in [0.1, 0.15) is 17.9 Å². The summed E-state index contributed by atoms with van der Waals surface area (Å²) in [6.45, 7) is 6.86. The van der Waals surface area contributed by atoms with Crippen molar-refractivity contribution >= 4 is 23.3 Å². The lowest BCUT2D eigenvalue weighted by atomic mass is 10.1. The van der Waals surface area contributed by atoms with E-state index >= 15 is 0 Å². The Morgan fingerprint density at radius 1 is 1.00 bits per heavy atom. The summed E-state index contributed by atoms with van der Waals surface area (Å²) in [5, 5.41) is 0. The highest BCUT2D eigenvalue weighted by Gasteiger charge is 2.38. The summed E-state index contributed by atoms with van der Waals surface area (Å²) in [6, 6.07) is 7.33. The van der Waals surface area contributed by atoms with E-state index in [9.17, 15) is 9.59 Å². The number of piperazine rings is 1. The van der Waals surface area contributed by atoms with Crippen molar-refractivity contribution in [3.05, 3.63) is 35.8 Å². The van der Waals surface area contributed by atoms with Crippen molar-refractivity contribution in [3.8, 4) is 11.5 Å². The second kappa shape index (κ2) is 9.02. The first-order valence-electron chi connectivity index (χ1n) is 10.8. The molecule has 32 heavy (non-hydrogen) atoms. The Hall–Kier alpha value is -3.36. The van der Waals surface area contributed by atoms with Gasteiger partial charge in [0.25, 0.3) is 0 Å². The molecule has 2 aromatic rings. The number of carbonyl (C=O) groups excluding carboxylic acids is 2. The van der Waals surface area contributed by atoms with Crippen LogP contribution in [0.25, 0.3) is 0 Å². The second-order valence-electron chi connectivity index (χ2n) is 8.17. The van der Waals surface area contributed by atoms with Crippen molar-refractivity contribution < 1.29 is 19.1 Å². The van der Waals surface area contributed by atoms with Gasteiger partial charge in [-0.05, 0) is 26.0 Å². The minimum Gasteiger partial charge on any atom is -0.493 e. The number of hydrogen-bond donors (Lipinski definition) is 0. The highest BCUT2D eigenvalue weighted by atomic mass is 16.5. The number of benzene rings is 1. The van der Waals surface area contributed by atoms with Crippen LogP contribution in [0.2, 0.25) is 0 Å². The summed E-state index contributed by atoms with van der Waals surface area (Å²) in [6.07, 6.45) is 0.220. The first kappa shape index (κ1) is 21.9. The second-order valence-corrected chi connectivity index (χ2v) is 8.17. The van der Waals surface area contributed by atoms with Crippen LogP contribution in [-0.2, 0) is 9.59 Å². The van der Waals surface area contributed by atoms with Crippen molar-refractivity contribution in [2.45, 2.75) is 20.3 Å². The number of nitrogens with zero attached hydrogens (tertiary/aromatic N) is 5. The molecule has 0 bridgehead atoms. The average molecular weight is 440 g/mol. The van der Waals surface area contributed by atoms with Gasteiger partial charge in [-0.25, -0.2) is 9.97 Å². The van der Waals surface area contributed by atoms with Gasteiger partial charge in [0, 0.05) is 62.7 Å². The molecule has 9 heteroatoms. The number of rotatable bonds is 5. The van der Waals surface area contributed by atoms with E-state index in [0.717, 1.165) is 17.3 Å². The molecule has 1 aromatic heterocycles. The molecule has 1 aromatic carbocycles. The van der Waals surface area contributed by atoms with Gasteiger partial charge in [-0.1, -0.05) is 0 Å². The maximum Gasteiger partial charge on any atom is 0.228 e. The van der Waals surface area contributed by atoms with E-state index in [4.69, 9.17) is 9.47 Å². The molecule has 1 atom stereocenters. The van der Waals surface area contributed by atoms with Gasteiger partial charge in [-0.3, -0.25) is 9.59 Å². The summed E-state index contributed by atoms with van der Waals surface area (Å²) >= 11 is 0. The first-order chi connectivity index (χ1) is 15.4. The van der Waals surface area contributed by atoms with Crippen LogP contribution in [0.5, 0.6) is 11.5 Å². The zero-order valence-corrected chi connectivity index (χ0v) is 19.0. The van der Waals surface area contributed by atoms with E-state index in [1.54, 1.807) is 31.3 Å². The molecule has 0 N–H and O–H groups in total. The van der Waals surface area contributed by atoms with Crippen LogP contribution < -0.4 is 19.3 Å². The summed E-state index contributed by atoms with van der Waals surface area (Å²) in [5.41, 5.74) is 1.65. The van der Waals surface area contributed by atoms with Crippen LogP contribution >= 0.6 is 0 Å². The summed E-state index contributed by atoms with van der Waals surface area (Å²) in [4.78, 5) is 40.4. The summed E-state index contributed by atoms with van der Waals surface area (Å²) in [7, 11) is 3.13. The monoisotopic (exact) mass is 439 g/mol. The number of carbonyl (C=O) groups is 2. The number of hydrogen-bond acceptors (Lipinski definition) is 7. The number of aromatic nitrogens is 2. The largest absolute Gasteiger partial charge is 0.493 e. The van der Waals surface area contributed by atoms with Crippen LogP contribution in [0.15, 0.2) is 24.3 Å². The fraction of sp³-hybridized carbons (Fsp3) is 0.478. The number of methoxy groups -OCH3 is 2. The molecule has 0 saturated carbocycles. The van der Waals surface area contributed by atoms with Gasteiger partial charge in [0.1, 0.15) is 11.6 Å². The molecular formula is C23H29N5O4. The Morgan fingerprint density at radius 3 is 2.38 bits per heavy atom. The minimum absolute atomic E-state index is 0.0380. The Balaban J connectivity index is 1.39. The molecule has 170 valence electrons. The molecule has 2 aliphatic heterocycles. The number of ether oxygens (including phenoxy) is 2. The fourth-order valence-corrected chi connectivity index (χ4v) is 4.39. The van der Waals surface area contributed by atoms with Crippen molar-refractivity contribution in [2.24, 2.45) is 5.92 Å². The van der Waals surface area contributed by atoms with Gasteiger partial charge in [0.2, 0.25) is 11.8 Å². The maximum atomic E-state index is 13.2. The SMILES string of the molecule is COc1ccc(N2CC(C(=O)N3CCN(c4cc(C)nc(C)n4)CC3)CC2=O)cc1OC.